The van der Waals surface area contributed by atoms with Gasteiger partial charge < -0.3 is 13.3 Å². The van der Waals surface area contributed by atoms with E-state index in [0.29, 0.717) is 23.1 Å². The maximum atomic E-state index is 6.70. The Balaban J connectivity index is 1.14. The quantitative estimate of drug-likeness (QED) is 0.188. The lowest BCUT2D eigenvalue weighted by Gasteiger charge is -2.09. The van der Waals surface area contributed by atoms with Crippen molar-refractivity contribution in [2.24, 2.45) is 0 Å². The minimum atomic E-state index is 0.526. The molecular formula is C45H25N3O3. The molecule has 0 spiro atoms. The topological polar surface area (TPSA) is 78.1 Å². The first kappa shape index (κ1) is 27.9. The standard InChI is InChI=1S/C45H25N3O3/c1-2-11-26(12-3-1)43-46-44(33-17-10-21-37-41(33)31-14-5-7-20-36(31)49-37)48-45(47-43)34-18-8-16-32-40-28(15-9-22-38(40)51-42(32)34)27-23-24-30-29-13-4-6-19-35(29)50-39(30)25-27/h1-25H. The highest BCUT2D eigenvalue weighted by molar-refractivity contribution is 6.16. The number of rotatable bonds is 4. The molecule has 238 valence electrons. The second-order valence-corrected chi connectivity index (χ2v) is 12.7. The number of furan rings is 3. The second kappa shape index (κ2) is 10.7. The Bertz CT molecular complexity index is 3150. The summed E-state index contributed by atoms with van der Waals surface area (Å²) >= 11 is 0. The normalized spacial score (nSPS) is 11.9. The molecule has 51 heavy (non-hydrogen) atoms. The molecule has 0 saturated heterocycles. The van der Waals surface area contributed by atoms with Crippen molar-refractivity contribution in [2.45, 2.75) is 0 Å². The Labute approximate surface area is 290 Å². The van der Waals surface area contributed by atoms with Crippen LogP contribution in [-0.4, -0.2) is 15.0 Å². The molecule has 0 amide bonds. The summed E-state index contributed by atoms with van der Waals surface area (Å²) in [6.45, 7) is 0. The van der Waals surface area contributed by atoms with Crippen molar-refractivity contribution in [3.05, 3.63) is 152 Å². The van der Waals surface area contributed by atoms with Crippen LogP contribution in [0.3, 0.4) is 0 Å². The molecule has 4 heterocycles. The van der Waals surface area contributed by atoms with E-state index in [1.807, 2.05) is 109 Å². The molecule has 0 atom stereocenters. The minimum absolute atomic E-state index is 0.526. The molecule has 4 aromatic heterocycles. The van der Waals surface area contributed by atoms with E-state index in [1.165, 1.54) is 0 Å². The number of benzene rings is 7. The summed E-state index contributed by atoms with van der Waals surface area (Å²) in [6, 6.07) is 51.0. The van der Waals surface area contributed by atoms with Crippen LogP contribution in [0.2, 0.25) is 0 Å². The highest BCUT2D eigenvalue weighted by atomic mass is 16.3. The van der Waals surface area contributed by atoms with Crippen molar-refractivity contribution < 1.29 is 13.3 Å². The molecule has 0 fully saturated rings. The van der Waals surface area contributed by atoms with Crippen LogP contribution >= 0.6 is 0 Å². The highest BCUT2D eigenvalue weighted by Gasteiger charge is 2.21. The molecule has 0 aliphatic carbocycles. The van der Waals surface area contributed by atoms with Crippen LogP contribution in [0.25, 0.3) is 111 Å². The van der Waals surface area contributed by atoms with Gasteiger partial charge in [0.2, 0.25) is 0 Å². The van der Waals surface area contributed by atoms with Gasteiger partial charge in [-0.15, -0.1) is 0 Å². The zero-order valence-electron chi connectivity index (χ0n) is 27.0. The Hall–Kier alpha value is -7.05. The van der Waals surface area contributed by atoms with Crippen LogP contribution in [0.5, 0.6) is 0 Å². The summed E-state index contributed by atoms with van der Waals surface area (Å²) in [5.74, 6) is 1.66. The predicted octanol–water partition coefficient (Wildman–Crippen LogP) is 12.2. The van der Waals surface area contributed by atoms with E-state index >= 15 is 0 Å². The summed E-state index contributed by atoms with van der Waals surface area (Å²) in [7, 11) is 0. The van der Waals surface area contributed by atoms with E-state index in [4.69, 9.17) is 28.2 Å². The number of hydrogen-bond acceptors (Lipinski definition) is 6. The summed E-state index contributed by atoms with van der Waals surface area (Å²) in [6.07, 6.45) is 0. The first-order chi connectivity index (χ1) is 25.3. The molecule has 0 aliphatic heterocycles. The van der Waals surface area contributed by atoms with Gasteiger partial charge in [0.15, 0.2) is 17.5 Å². The van der Waals surface area contributed by atoms with E-state index in [9.17, 15) is 0 Å². The van der Waals surface area contributed by atoms with Crippen LogP contribution in [0.15, 0.2) is 165 Å². The van der Waals surface area contributed by atoms with Gasteiger partial charge in [0.25, 0.3) is 0 Å². The third-order valence-electron chi connectivity index (χ3n) is 9.76. The van der Waals surface area contributed by atoms with Crippen LogP contribution < -0.4 is 0 Å². The number of fused-ring (bicyclic) bond motifs is 9. The monoisotopic (exact) mass is 655 g/mol. The maximum absolute atomic E-state index is 6.70. The van der Waals surface area contributed by atoms with E-state index in [-0.39, 0.29) is 0 Å². The Morgan fingerprint density at radius 1 is 0.314 bits per heavy atom. The number of para-hydroxylation sites is 3. The first-order valence-electron chi connectivity index (χ1n) is 16.9. The number of aromatic nitrogens is 3. The van der Waals surface area contributed by atoms with Crippen LogP contribution in [-0.2, 0) is 0 Å². The summed E-state index contributed by atoms with van der Waals surface area (Å²) < 4.78 is 19.2. The van der Waals surface area contributed by atoms with Crippen LogP contribution in [0.1, 0.15) is 0 Å². The van der Waals surface area contributed by atoms with Gasteiger partial charge in [0.1, 0.15) is 33.5 Å². The minimum Gasteiger partial charge on any atom is -0.456 e. The van der Waals surface area contributed by atoms with Crippen molar-refractivity contribution in [2.75, 3.05) is 0 Å². The molecule has 6 nitrogen and oxygen atoms in total. The average Bonchev–Trinajstić information content (AvgIpc) is 3.89. The average molecular weight is 656 g/mol. The lowest BCUT2D eigenvalue weighted by molar-refractivity contribution is 0.668. The third-order valence-corrected chi connectivity index (χ3v) is 9.76. The van der Waals surface area contributed by atoms with E-state index in [0.717, 1.165) is 88.0 Å². The second-order valence-electron chi connectivity index (χ2n) is 12.7. The molecule has 6 heteroatoms. The fourth-order valence-corrected chi connectivity index (χ4v) is 7.45. The molecule has 0 bridgehead atoms. The van der Waals surface area contributed by atoms with Gasteiger partial charge >= 0.3 is 0 Å². The van der Waals surface area contributed by atoms with E-state index in [2.05, 4.69) is 42.5 Å². The zero-order chi connectivity index (χ0) is 33.5. The maximum Gasteiger partial charge on any atom is 0.167 e. The summed E-state index contributed by atoms with van der Waals surface area (Å²) in [5, 5.41) is 6.20. The van der Waals surface area contributed by atoms with Gasteiger partial charge in [0.05, 0.1) is 5.56 Å². The summed E-state index contributed by atoms with van der Waals surface area (Å²) in [4.78, 5) is 15.3. The van der Waals surface area contributed by atoms with Crippen LogP contribution in [0, 0.1) is 0 Å². The highest BCUT2D eigenvalue weighted by Crippen LogP contribution is 2.42. The molecular weight excluding hydrogens is 631 g/mol. The van der Waals surface area contributed by atoms with Gasteiger partial charge in [0, 0.05) is 43.4 Å². The van der Waals surface area contributed by atoms with Gasteiger partial charge in [-0.05, 0) is 53.6 Å². The number of hydrogen-bond donors (Lipinski definition) is 0. The lowest BCUT2D eigenvalue weighted by atomic mass is 9.97. The molecule has 11 rings (SSSR count). The molecule has 11 aromatic rings. The molecule has 0 radical (unpaired) electrons. The van der Waals surface area contributed by atoms with Gasteiger partial charge in [-0.1, -0.05) is 109 Å². The van der Waals surface area contributed by atoms with E-state index in [1.54, 1.807) is 0 Å². The van der Waals surface area contributed by atoms with Gasteiger partial charge in [-0.3, -0.25) is 0 Å². The van der Waals surface area contributed by atoms with Crippen molar-refractivity contribution in [1.29, 1.82) is 0 Å². The Morgan fingerprint density at radius 2 is 0.863 bits per heavy atom. The van der Waals surface area contributed by atoms with Crippen molar-refractivity contribution >= 4 is 65.8 Å². The molecule has 0 unspecified atom stereocenters. The Kier molecular flexibility index (Phi) is 5.86. The lowest BCUT2D eigenvalue weighted by Crippen LogP contribution is -2.00. The molecule has 0 saturated carbocycles. The fraction of sp³-hybridized carbons (Fsp3) is 0. The molecule has 7 aromatic carbocycles. The van der Waals surface area contributed by atoms with Crippen molar-refractivity contribution in [3.63, 3.8) is 0 Å². The SMILES string of the molecule is c1ccc(-c2nc(-c3cccc4c3oc3cccc(-c5ccc6c(c5)oc5ccccc56)c34)nc(-c3cccc4oc5ccccc5c34)n2)cc1. The molecule has 0 aliphatic rings. The first-order valence-corrected chi connectivity index (χ1v) is 16.9. The third kappa shape index (κ3) is 4.26. The largest absolute Gasteiger partial charge is 0.456 e. The summed E-state index contributed by atoms with van der Waals surface area (Å²) in [5.41, 5.74) is 9.50. The zero-order valence-corrected chi connectivity index (χ0v) is 27.0. The fourth-order valence-electron chi connectivity index (χ4n) is 7.45. The smallest absolute Gasteiger partial charge is 0.167 e. The Morgan fingerprint density at radius 3 is 1.71 bits per heavy atom. The predicted molar refractivity (Wildman–Crippen MR) is 203 cm³/mol. The van der Waals surface area contributed by atoms with Gasteiger partial charge in [-0.25, -0.2) is 15.0 Å². The van der Waals surface area contributed by atoms with Gasteiger partial charge in [-0.2, -0.15) is 0 Å². The van der Waals surface area contributed by atoms with Crippen molar-refractivity contribution in [3.8, 4) is 45.3 Å². The van der Waals surface area contributed by atoms with Crippen LogP contribution in [0.4, 0.5) is 0 Å². The van der Waals surface area contributed by atoms with Crippen molar-refractivity contribution in [1.82, 2.24) is 15.0 Å². The molecule has 0 N–H and O–H groups in total. The number of nitrogens with zero attached hydrogens (tertiary/aromatic N) is 3. The van der Waals surface area contributed by atoms with E-state index < -0.39 is 0 Å².